The maximum Gasteiger partial charge on any atom is 0.250 e. The number of aromatic amines is 1. The Kier molecular flexibility index (Phi) is 1.48. The van der Waals surface area contributed by atoms with Crippen LogP contribution in [0.4, 0.5) is 5.69 Å². The molecule has 4 heteroatoms. The van der Waals surface area contributed by atoms with Gasteiger partial charge >= 0.3 is 0 Å². The Morgan fingerprint density at radius 3 is 2.85 bits per heavy atom. The van der Waals surface area contributed by atoms with Crippen molar-refractivity contribution in [2.75, 3.05) is 5.73 Å². The highest BCUT2D eigenvalue weighted by atomic mass is 16.3. The molecule has 1 heterocycles. The lowest BCUT2D eigenvalue weighted by atomic mass is 10.2. The number of aromatic nitrogens is 1. The van der Waals surface area contributed by atoms with Crippen LogP contribution in [0.5, 0.6) is 5.75 Å². The zero-order valence-corrected chi connectivity index (χ0v) is 6.74. The fourth-order valence-electron chi connectivity index (χ4n) is 1.27. The van der Waals surface area contributed by atoms with Gasteiger partial charge in [0.2, 0.25) is 5.56 Å². The number of fused-ring (bicyclic) bond motifs is 1. The van der Waals surface area contributed by atoms with Crippen molar-refractivity contribution in [3.8, 4) is 5.75 Å². The Morgan fingerprint density at radius 1 is 1.31 bits per heavy atom. The molecule has 0 amide bonds. The van der Waals surface area contributed by atoms with Crippen LogP contribution in [0.15, 0.2) is 29.1 Å². The normalized spacial score (nSPS) is 10.5. The highest BCUT2D eigenvalue weighted by molar-refractivity contribution is 5.90. The fourth-order valence-corrected chi connectivity index (χ4v) is 1.27. The summed E-state index contributed by atoms with van der Waals surface area (Å²) in [5.74, 6) is 0.131. The van der Waals surface area contributed by atoms with Gasteiger partial charge in [-0.3, -0.25) is 4.79 Å². The van der Waals surface area contributed by atoms with Crippen LogP contribution in [0.25, 0.3) is 10.9 Å². The van der Waals surface area contributed by atoms with E-state index < -0.39 is 0 Å². The lowest BCUT2D eigenvalue weighted by Gasteiger charge is -2.01. The van der Waals surface area contributed by atoms with Crippen molar-refractivity contribution in [1.29, 1.82) is 0 Å². The zero-order valence-electron chi connectivity index (χ0n) is 6.74. The van der Waals surface area contributed by atoms with Crippen LogP contribution in [0.3, 0.4) is 0 Å². The number of nitrogens with two attached hydrogens (primary N) is 1. The largest absolute Gasteiger partial charge is 0.508 e. The van der Waals surface area contributed by atoms with Gasteiger partial charge in [0.15, 0.2) is 0 Å². The quantitative estimate of drug-likeness (QED) is 0.555. The number of hydrogen-bond donors (Lipinski definition) is 3. The maximum absolute atomic E-state index is 11.0. The molecule has 0 bridgehead atoms. The number of nitrogen functional groups attached to an aromatic ring is 1. The Balaban J connectivity index is 2.95. The SMILES string of the molecule is Nc1cc(=O)[nH]c2ccc(O)cc12. The van der Waals surface area contributed by atoms with Crippen LogP contribution >= 0.6 is 0 Å². The minimum absolute atomic E-state index is 0.131. The van der Waals surface area contributed by atoms with E-state index in [1.165, 1.54) is 18.2 Å². The van der Waals surface area contributed by atoms with E-state index in [-0.39, 0.29) is 11.3 Å². The maximum atomic E-state index is 11.0. The molecule has 13 heavy (non-hydrogen) atoms. The molecule has 1 aromatic heterocycles. The Labute approximate surface area is 73.6 Å². The minimum atomic E-state index is -0.240. The summed E-state index contributed by atoms with van der Waals surface area (Å²) in [7, 11) is 0. The van der Waals surface area contributed by atoms with Crippen LogP contribution in [-0.2, 0) is 0 Å². The van der Waals surface area contributed by atoms with Crippen LogP contribution in [0.2, 0.25) is 0 Å². The van der Waals surface area contributed by atoms with Crippen molar-refractivity contribution < 1.29 is 5.11 Å². The average Bonchev–Trinajstić information content (AvgIpc) is 2.06. The van der Waals surface area contributed by atoms with Crippen molar-refractivity contribution in [3.05, 3.63) is 34.6 Å². The van der Waals surface area contributed by atoms with Crippen molar-refractivity contribution in [2.24, 2.45) is 0 Å². The molecule has 0 saturated heterocycles. The van der Waals surface area contributed by atoms with E-state index in [0.29, 0.717) is 16.6 Å². The van der Waals surface area contributed by atoms with E-state index in [1.54, 1.807) is 6.07 Å². The topological polar surface area (TPSA) is 79.1 Å². The molecule has 0 saturated carbocycles. The number of hydrogen-bond acceptors (Lipinski definition) is 3. The zero-order chi connectivity index (χ0) is 9.42. The van der Waals surface area contributed by atoms with Gasteiger partial charge in [-0.25, -0.2) is 0 Å². The molecule has 0 aliphatic heterocycles. The standard InChI is InChI=1S/C9H8N2O2/c10-7-4-9(13)11-8-2-1-5(12)3-6(7)8/h1-4,12H,(H3,10,11,13). The van der Waals surface area contributed by atoms with E-state index in [0.717, 1.165) is 0 Å². The summed E-state index contributed by atoms with van der Waals surface area (Å²) < 4.78 is 0. The first-order valence-electron chi connectivity index (χ1n) is 3.78. The summed E-state index contributed by atoms with van der Waals surface area (Å²) in [6.45, 7) is 0. The van der Waals surface area contributed by atoms with Crippen LogP contribution < -0.4 is 11.3 Å². The summed E-state index contributed by atoms with van der Waals surface area (Å²) in [6.07, 6.45) is 0. The van der Waals surface area contributed by atoms with E-state index in [2.05, 4.69) is 4.98 Å². The first-order valence-corrected chi connectivity index (χ1v) is 3.78. The van der Waals surface area contributed by atoms with E-state index >= 15 is 0 Å². The highest BCUT2D eigenvalue weighted by Crippen LogP contribution is 2.21. The molecule has 2 aromatic rings. The van der Waals surface area contributed by atoms with Crippen molar-refractivity contribution >= 4 is 16.6 Å². The number of aromatic hydroxyl groups is 1. The number of phenols is 1. The highest BCUT2D eigenvalue weighted by Gasteiger charge is 2.00. The second-order valence-electron chi connectivity index (χ2n) is 2.82. The molecule has 1 aromatic carbocycles. The fraction of sp³-hybridized carbons (Fsp3) is 0. The molecule has 2 rings (SSSR count). The first-order chi connectivity index (χ1) is 6.16. The number of rotatable bonds is 0. The van der Waals surface area contributed by atoms with Crippen LogP contribution in [-0.4, -0.2) is 10.1 Å². The Bertz CT molecular complexity index is 516. The Morgan fingerprint density at radius 2 is 2.08 bits per heavy atom. The van der Waals surface area contributed by atoms with Gasteiger partial charge in [0.1, 0.15) is 5.75 Å². The lowest BCUT2D eigenvalue weighted by Crippen LogP contribution is -2.05. The molecule has 0 aliphatic rings. The molecule has 0 unspecified atom stereocenters. The van der Waals surface area contributed by atoms with Crippen molar-refractivity contribution in [3.63, 3.8) is 0 Å². The average molecular weight is 176 g/mol. The van der Waals surface area contributed by atoms with Gasteiger partial charge in [0, 0.05) is 17.1 Å². The molecule has 0 aliphatic carbocycles. The molecule has 0 atom stereocenters. The number of phenolic OH excluding ortho intramolecular Hbond substituents is 1. The van der Waals surface area contributed by atoms with Gasteiger partial charge < -0.3 is 15.8 Å². The molecule has 0 fully saturated rings. The van der Waals surface area contributed by atoms with Gasteiger partial charge in [-0.1, -0.05) is 0 Å². The van der Waals surface area contributed by atoms with Crippen LogP contribution in [0.1, 0.15) is 0 Å². The van der Waals surface area contributed by atoms with Gasteiger partial charge in [0.25, 0.3) is 0 Å². The second kappa shape index (κ2) is 2.52. The lowest BCUT2D eigenvalue weighted by molar-refractivity contribution is 0.476. The molecular formula is C9H8N2O2. The molecule has 0 radical (unpaired) electrons. The number of nitrogens with one attached hydrogen (secondary N) is 1. The smallest absolute Gasteiger partial charge is 0.250 e. The minimum Gasteiger partial charge on any atom is -0.508 e. The summed E-state index contributed by atoms with van der Waals surface area (Å²) in [5, 5.41) is 9.83. The third-order valence-electron chi connectivity index (χ3n) is 1.86. The monoisotopic (exact) mass is 176 g/mol. The molecular weight excluding hydrogens is 168 g/mol. The third-order valence-corrected chi connectivity index (χ3v) is 1.86. The summed E-state index contributed by atoms with van der Waals surface area (Å²) in [4.78, 5) is 13.6. The number of anilines is 1. The van der Waals surface area contributed by atoms with Gasteiger partial charge in [0.05, 0.1) is 5.52 Å². The summed E-state index contributed by atoms with van der Waals surface area (Å²) in [5.41, 5.74) is 6.35. The molecule has 0 spiro atoms. The van der Waals surface area contributed by atoms with E-state index in [1.807, 2.05) is 0 Å². The van der Waals surface area contributed by atoms with Gasteiger partial charge in [-0.05, 0) is 18.2 Å². The van der Waals surface area contributed by atoms with Gasteiger partial charge in [-0.15, -0.1) is 0 Å². The molecule has 4 N–H and O–H groups in total. The molecule has 4 nitrogen and oxygen atoms in total. The van der Waals surface area contributed by atoms with Crippen molar-refractivity contribution in [1.82, 2.24) is 4.98 Å². The Hall–Kier alpha value is -1.97. The van der Waals surface area contributed by atoms with E-state index in [9.17, 15) is 9.90 Å². The summed E-state index contributed by atoms with van der Waals surface area (Å²) in [6, 6.07) is 5.92. The van der Waals surface area contributed by atoms with Gasteiger partial charge in [-0.2, -0.15) is 0 Å². The summed E-state index contributed by atoms with van der Waals surface area (Å²) >= 11 is 0. The number of H-pyrrole nitrogens is 1. The predicted molar refractivity (Wildman–Crippen MR) is 50.6 cm³/mol. The second-order valence-corrected chi connectivity index (χ2v) is 2.82. The molecule has 66 valence electrons. The van der Waals surface area contributed by atoms with E-state index in [4.69, 9.17) is 5.73 Å². The van der Waals surface area contributed by atoms with Crippen LogP contribution in [0, 0.1) is 0 Å². The van der Waals surface area contributed by atoms with Crippen molar-refractivity contribution in [2.45, 2.75) is 0 Å². The number of benzene rings is 1. The predicted octanol–water partition coefficient (Wildman–Crippen LogP) is 0.816. The third kappa shape index (κ3) is 1.22. The first kappa shape index (κ1) is 7.67. The number of pyridine rings is 1.